The molecule has 9 nitrogen and oxygen atoms in total. The molecule has 24 heavy (non-hydrogen) atoms. The topological polar surface area (TPSA) is 125 Å². The molecule has 0 heterocycles. The van der Waals surface area contributed by atoms with Crippen LogP contribution in [-0.4, -0.2) is 37.2 Å². The van der Waals surface area contributed by atoms with Gasteiger partial charge in [-0.25, -0.2) is 8.42 Å². The Hall–Kier alpha value is -1.39. The third-order valence-corrected chi connectivity index (χ3v) is 8.14. The number of non-ortho nitro benzene ring substituents is 1. The summed E-state index contributed by atoms with van der Waals surface area (Å²) in [5, 5.41) is 11.2. The first kappa shape index (κ1) is 20.7. The highest BCUT2D eigenvalue weighted by Crippen LogP contribution is 2.54. The smallest absolute Gasteiger partial charge is 0.356 e. The molecule has 0 radical (unpaired) electrons. The molecule has 1 unspecified atom stereocenters. The number of nitro groups is 1. The minimum atomic E-state index is -4.25. The largest absolute Gasteiger partial charge is 0.368 e. The molecule has 0 bridgehead atoms. The van der Waals surface area contributed by atoms with E-state index in [4.69, 9.17) is 9.05 Å². The second kappa shape index (κ2) is 8.63. The lowest BCUT2D eigenvalue weighted by atomic mass is 10.3. The molecule has 0 spiro atoms. The fourth-order valence-electron chi connectivity index (χ4n) is 1.83. The summed E-state index contributed by atoms with van der Waals surface area (Å²) in [5.41, 5.74) is 0.629. The molecule has 0 aliphatic rings. The van der Waals surface area contributed by atoms with Crippen molar-refractivity contribution >= 4 is 40.8 Å². The van der Waals surface area contributed by atoms with Gasteiger partial charge in [0.15, 0.2) is 0 Å². The zero-order valence-electron chi connectivity index (χ0n) is 12.9. The number of hydrogen-bond acceptors (Lipinski definition) is 8. The Bertz CT molecular complexity index is 726. The van der Waals surface area contributed by atoms with E-state index in [-0.39, 0.29) is 23.8 Å². The monoisotopic (exact) mass is 396 g/mol. The van der Waals surface area contributed by atoms with Gasteiger partial charge < -0.3 is 14.4 Å². The van der Waals surface area contributed by atoms with Crippen molar-refractivity contribution in [1.82, 2.24) is 5.32 Å². The Morgan fingerprint density at radius 3 is 2.17 bits per heavy atom. The molecule has 0 saturated carbocycles. The summed E-state index contributed by atoms with van der Waals surface area (Å²) in [7, 11) is -8.35. The van der Waals surface area contributed by atoms with E-state index in [9.17, 15) is 23.1 Å². The third-order valence-electron chi connectivity index (χ3n) is 2.79. The Morgan fingerprint density at radius 2 is 1.79 bits per heavy atom. The standard InChI is InChI=1S/C12H17N2O7PS2/c1-3-20-22(17,21-4-2)12(13-9-23)24(18,19)11-7-5-10(6-8-11)14(15)16/h5-9,12H,3-4H2,1-2H3,(H,13,23). The van der Waals surface area contributed by atoms with E-state index in [1.807, 2.05) is 0 Å². The van der Waals surface area contributed by atoms with E-state index < -0.39 is 27.5 Å². The predicted molar refractivity (Wildman–Crippen MR) is 91.7 cm³/mol. The van der Waals surface area contributed by atoms with Crippen molar-refractivity contribution in [2.24, 2.45) is 0 Å². The van der Waals surface area contributed by atoms with Crippen molar-refractivity contribution in [3.05, 3.63) is 34.4 Å². The van der Waals surface area contributed by atoms with Crippen LogP contribution in [0.1, 0.15) is 13.8 Å². The molecule has 0 saturated heterocycles. The van der Waals surface area contributed by atoms with Crippen LogP contribution in [0.15, 0.2) is 29.2 Å². The van der Waals surface area contributed by atoms with Crippen LogP contribution in [0.3, 0.4) is 0 Å². The van der Waals surface area contributed by atoms with Crippen molar-refractivity contribution in [2.75, 3.05) is 13.2 Å². The first-order chi connectivity index (χ1) is 11.2. The molecule has 0 fully saturated rings. The summed E-state index contributed by atoms with van der Waals surface area (Å²) < 4.78 is 48.5. The Labute approximate surface area is 144 Å². The Balaban J connectivity index is 3.37. The fraction of sp³-hybridized carbons (Fsp3) is 0.417. The number of rotatable bonds is 10. The van der Waals surface area contributed by atoms with Crippen molar-refractivity contribution in [2.45, 2.75) is 23.9 Å². The van der Waals surface area contributed by atoms with Gasteiger partial charge in [0.1, 0.15) is 0 Å². The number of hydrogen-bond donors (Lipinski definition) is 1. The average Bonchev–Trinajstić information content (AvgIpc) is 2.52. The van der Waals surface area contributed by atoms with Crippen LogP contribution in [-0.2, 0) is 23.4 Å². The van der Waals surface area contributed by atoms with Crippen molar-refractivity contribution in [3.63, 3.8) is 0 Å². The second-order valence-corrected chi connectivity index (χ2v) is 9.04. The quantitative estimate of drug-likeness (QED) is 0.275. The summed E-state index contributed by atoms with van der Waals surface area (Å²) in [6.45, 7) is 3.00. The fourth-order valence-corrected chi connectivity index (χ4v) is 6.58. The van der Waals surface area contributed by atoms with Gasteiger partial charge in [-0.2, -0.15) is 0 Å². The van der Waals surface area contributed by atoms with Gasteiger partial charge in [0.25, 0.3) is 5.69 Å². The van der Waals surface area contributed by atoms with Gasteiger partial charge in [-0.1, -0.05) is 12.2 Å². The number of nitrogens with one attached hydrogen (secondary N) is 1. The molecule has 1 aromatic carbocycles. The van der Waals surface area contributed by atoms with Crippen LogP contribution in [0.5, 0.6) is 0 Å². The summed E-state index contributed by atoms with van der Waals surface area (Å²) in [5.74, 6) is 0. The van der Waals surface area contributed by atoms with Gasteiger partial charge in [-0.3, -0.25) is 14.7 Å². The van der Waals surface area contributed by atoms with Crippen molar-refractivity contribution < 1.29 is 27.0 Å². The first-order valence-corrected chi connectivity index (χ1v) is 10.4. The van der Waals surface area contributed by atoms with Crippen LogP contribution in [0.25, 0.3) is 0 Å². The third kappa shape index (κ3) is 4.58. The second-order valence-electron chi connectivity index (χ2n) is 4.31. The van der Waals surface area contributed by atoms with E-state index in [2.05, 4.69) is 17.5 Å². The molecule has 0 amide bonds. The molecule has 0 aliphatic heterocycles. The van der Waals surface area contributed by atoms with Crippen molar-refractivity contribution in [3.8, 4) is 0 Å². The molecular formula is C12H17N2O7PS2. The molecule has 0 aliphatic carbocycles. The summed E-state index contributed by atoms with van der Waals surface area (Å²) in [6.07, 6.45) is 0. The van der Waals surface area contributed by atoms with Gasteiger partial charge in [-0.05, 0) is 26.0 Å². The minimum Gasteiger partial charge on any atom is -0.356 e. The summed E-state index contributed by atoms with van der Waals surface area (Å²) in [6, 6.07) is 4.17. The highest BCUT2D eigenvalue weighted by molar-refractivity contribution is 7.98. The van der Waals surface area contributed by atoms with Gasteiger partial charge in [-0.15, -0.1) is 0 Å². The molecule has 1 aromatic rings. The van der Waals surface area contributed by atoms with E-state index in [1.54, 1.807) is 13.8 Å². The molecule has 1 rings (SSSR count). The first-order valence-electron chi connectivity index (χ1n) is 6.79. The molecule has 134 valence electrons. The van der Waals surface area contributed by atoms with Crippen LogP contribution in [0.2, 0.25) is 0 Å². The van der Waals surface area contributed by atoms with Gasteiger partial charge in [0.2, 0.25) is 15.0 Å². The van der Waals surface area contributed by atoms with E-state index in [1.165, 1.54) is 0 Å². The maximum atomic E-state index is 12.8. The number of thiocarbonyl (C=S) groups is 1. The lowest BCUT2D eigenvalue weighted by Gasteiger charge is -2.25. The maximum absolute atomic E-state index is 12.8. The van der Waals surface area contributed by atoms with Crippen LogP contribution >= 0.6 is 19.8 Å². The van der Waals surface area contributed by atoms with Crippen LogP contribution in [0, 0.1) is 10.1 Å². The highest BCUT2D eigenvalue weighted by atomic mass is 32.2. The highest BCUT2D eigenvalue weighted by Gasteiger charge is 2.45. The lowest BCUT2D eigenvalue weighted by molar-refractivity contribution is -0.384. The Kier molecular flexibility index (Phi) is 7.43. The van der Waals surface area contributed by atoms with Crippen LogP contribution in [0.4, 0.5) is 5.69 Å². The van der Waals surface area contributed by atoms with Gasteiger partial charge in [0.05, 0.1) is 28.5 Å². The molecule has 1 atom stereocenters. The van der Waals surface area contributed by atoms with E-state index in [0.717, 1.165) is 29.8 Å². The van der Waals surface area contributed by atoms with Gasteiger partial charge in [0, 0.05) is 12.1 Å². The molecule has 1 N–H and O–H groups in total. The lowest BCUT2D eigenvalue weighted by Crippen LogP contribution is -2.36. The minimum absolute atomic E-state index is 0.0390. The maximum Gasteiger partial charge on any atom is 0.368 e. The predicted octanol–water partition coefficient (Wildman–Crippen LogP) is 2.47. The molecule has 0 aromatic heterocycles. The number of nitro benzene ring substituents is 1. The number of benzene rings is 1. The van der Waals surface area contributed by atoms with Crippen LogP contribution < -0.4 is 5.32 Å². The zero-order valence-corrected chi connectivity index (χ0v) is 15.5. The Morgan fingerprint density at radius 1 is 1.29 bits per heavy atom. The normalized spacial score (nSPS) is 13.2. The molecule has 12 heteroatoms. The van der Waals surface area contributed by atoms with Crippen molar-refractivity contribution in [1.29, 1.82) is 0 Å². The SMILES string of the molecule is CCOP(=O)(OCC)C(NC=S)S(=O)(=O)c1ccc([N+](=O)[O-])cc1. The number of sulfone groups is 1. The van der Waals surface area contributed by atoms with E-state index in [0.29, 0.717) is 0 Å². The number of nitrogens with zero attached hydrogens (tertiary/aromatic N) is 1. The average molecular weight is 396 g/mol. The summed E-state index contributed by atoms with van der Waals surface area (Å²) >= 11 is 4.62. The van der Waals surface area contributed by atoms with E-state index >= 15 is 0 Å². The van der Waals surface area contributed by atoms with Gasteiger partial charge >= 0.3 is 7.60 Å². The zero-order chi connectivity index (χ0) is 18.4. The molecular weight excluding hydrogens is 379 g/mol. The summed E-state index contributed by atoms with van der Waals surface area (Å²) in [4.78, 5) is 9.73.